The first-order valence-electron chi connectivity index (χ1n) is 7.13. The number of nitrogens with one attached hydrogen (secondary N) is 1. The van der Waals surface area contributed by atoms with Crippen LogP contribution in [-0.2, 0) is 4.79 Å². The fraction of sp³-hybridized carbons (Fsp3) is 0.600. The number of aromatic nitrogens is 1. The summed E-state index contributed by atoms with van der Waals surface area (Å²) in [6.45, 7) is 2.22. The number of anilines is 1. The molecule has 0 radical (unpaired) electrons. The maximum Gasteiger partial charge on any atom is 0.224 e. The fourth-order valence-corrected chi connectivity index (χ4v) is 2.28. The molecule has 1 amide bonds. The highest BCUT2D eigenvalue weighted by Crippen LogP contribution is 2.20. The van der Waals surface area contributed by atoms with Crippen molar-refractivity contribution >= 4 is 27.5 Å². The molecule has 0 fully saturated rings. The number of unbranched alkanes of at least 4 members (excludes halogenated alkanes) is 6. The molecule has 0 atom stereocenters. The fourth-order valence-electron chi connectivity index (χ4n) is 1.93. The first-order valence-corrected chi connectivity index (χ1v) is 7.92. The highest BCUT2D eigenvalue weighted by atomic mass is 79.9. The maximum absolute atomic E-state index is 11.7. The van der Waals surface area contributed by atoms with E-state index in [1.165, 1.54) is 32.1 Å². The second-order valence-electron chi connectivity index (χ2n) is 4.78. The summed E-state index contributed by atoms with van der Waals surface area (Å²) in [7, 11) is 0. The number of hydrogen-bond acceptors (Lipinski definition) is 2. The minimum absolute atomic E-state index is 0.0838. The molecule has 0 aromatic carbocycles. The van der Waals surface area contributed by atoms with Crippen molar-refractivity contribution in [1.29, 1.82) is 0 Å². The molecule has 0 aliphatic carbocycles. The number of rotatable bonds is 9. The predicted molar refractivity (Wildman–Crippen MR) is 83.2 cm³/mol. The van der Waals surface area contributed by atoms with Crippen LogP contribution in [0, 0.1) is 0 Å². The average molecular weight is 327 g/mol. The Hall–Kier alpha value is -0.900. The van der Waals surface area contributed by atoms with Crippen LogP contribution < -0.4 is 5.32 Å². The van der Waals surface area contributed by atoms with E-state index in [4.69, 9.17) is 0 Å². The summed E-state index contributed by atoms with van der Waals surface area (Å²) in [5.41, 5.74) is 0.794. The lowest BCUT2D eigenvalue weighted by molar-refractivity contribution is -0.116. The van der Waals surface area contributed by atoms with Crippen molar-refractivity contribution in [3.8, 4) is 0 Å². The summed E-state index contributed by atoms with van der Waals surface area (Å²) in [5.74, 6) is 0.0838. The molecule has 0 unspecified atom stereocenters. The summed E-state index contributed by atoms with van der Waals surface area (Å²) in [4.78, 5) is 15.7. The summed E-state index contributed by atoms with van der Waals surface area (Å²) in [5, 5.41) is 2.90. The van der Waals surface area contributed by atoms with E-state index in [0.29, 0.717) is 6.42 Å². The molecule has 1 N–H and O–H groups in total. The van der Waals surface area contributed by atoms with E-state index in [0.717, 1.165) is 23.0 Å². The van der Waals surface area contributed by atoms with Crippen LogP contribution in [0.3, 0.4) is 0 Å². The molecule has 4 heteroatoms. The smallest absolute Gasteiger partial charge is 0.224 e. The quantitative estimate of drug-likeness (QED) is 0.654. The first-order chi connectivity index (χ1) is 9.24. The zero-order chi connectivity index (χ0) is 13.9. The lowest BCUT2D eigenvalue weighted by Crippen LogP contribution is -2.11. The molecule has 0 aliphatic rings. The normalized spacial score (nSPS) is 10.4. The Labute approximate surface area is 124 Å². The third-order valence-electron chi connectivity index (χ3n) is 3.05. The summed E-state index contributed by atoms with van der Waals surface area (Å²) < 4.78 is 0.822. The largest absolute Gasteiger partial charge is 0.325 e. The molecule has 3 nitrogen and oxygen atoms in total. The van der Waals surface area contributed by atoms with E-state index in [1.54, 1.807) is 18.5 Å². The number of carbonyl (C=O) groups is 1. The first kappa shape index (κ1) is 16.2. The zero-order valence-corrected chi connectivity index (χ0v) is 13.2. The molecular weight excluding hydrogens is 304 g/mol. The maximum atomic E-state index is 11.7. The Kier molecular flexibility index (Phi) is 8.47. The number of halogens is 1. The van der Waals surface area contributed by atoms with E-state index in [2.05, 4.69) is 33.2 Å². The van der Waals surface area contributed by atoms with Gasteiger partial charge in [-0.3, -0.25) is 9.78 Å². The highest BCUT2D eigenvalue weighted by molar-refractivity contribution is 9.10. The van der Waals surface area contributed by atoms with Crippen LogP contribution in [0.5, 0.6) is 0 Å². The van der Waals surface area contributed by atoms with Gasteiger partial charge in [0.1, 0.15) is 0 Å². The van der Waals surface area contributed by atoms with Crippen LogP contribution in [0.4, 0.5) is 5.69 Å². The van der Waals surface area contributed by atoms with Gasteiger partial charge in [0.2, 0.25) is 5.91 Å². The van der Waals surface area contributed by atoms with Crippen molar-refractivity contribution in [2.24, 2.45) is 0 Å². The molecule has 0 spiro atoms. The van der Waals surface area contributed by atoms with Crippen molar-refractivity contribution in [3.05, 3.63) is 22.9 Å². The number of hydrogen-bond donors (Lipinski definition) is 1. The minimum atomic E-state index is 0.0838. The van der Waals surface area contributed by atoms with Crippen LogP contribution in [0.15, 0.2) is 22.9 Å². The van der Waals surface area contributed by atoms with Crippen molar-refractivity contribution in [2.45, 2.75) is 58.3 Å². The Morgan fingerprint density at radius 1 is 1.21 bits per heavy atom. The topological polar surface area (TPSA) is 42.0 Å². The van der Waals surface area contributed by atoms with Gasteiger partial charge in [0.25, 0.3) is 0 Å². The van der Waals surface area contributed by atoms with Crippen LogP contribution in [0.1, 0.15) is 58.3 Å². The molecule has 0 saturated carbocycles. The molecular formula is C15H23BrN2O. The van der Waals surface area contributed by atoms with E-state index in [1.807, 2.05) is 0 Å². The standard InChI is InChI=1S/C15H23BrN2O/c1-2-3-4-5-6-7-8-9-15(19)18-14-10-11-17-12-13(14)16/h10-12H,2-9H2,1H3,(H,17,18,19). The van der Waals surface area contributed by atoms with Gasteiger partial charge in [0.05, 0.1) is 10.2 Å². The van der Waals surface area contributed by atoms with E-state index >= 15 is 0 Å². The Bertz CT molecular complexity index is 382. The Morgan fingerprint density at radius 3 is 2.58 bits per heavy atom. The third kappa shape index (κ3) is 7.31. The summed E-state index contributed by atoms with van der Waals surface area (Å²) in [6.07, 6.45) is 12.6. The van der Waals surface area contributed by atoms with Gasteiger partial charge in [-0.05, 0) is 28.4 Å². The van der Waals surface area contributed by atoms with Crippen LogP contribution in [0.2, 0.25) is 0 Å². The van der Waals surface area contributed by atoms with Crippen molar-refractivity contribution in [1.82, 2.24) is 4.98 Å². The molecule has 1 heterocycles. The van der Waals surface area contributed by atoms with Gasteiger partial charge >= 0.3 is 0 Å². The molecule has 1 aromatic rings. The van der Waals surface area contributed by atoms with Gasteiger partial charge in [-0.1, -0.05) is 45.4 Å². The van der Waals surface area contributed by atoms with Gasteiger partial charge < -0.3 is 5.32 Å². The lowest BCUT2D eigenvalue weighted by atomic mass is 10.1. The van der Waals surface area contributed by atoms with Gasteiger partial charge in [-0.15, -0.1) is 0 Å². The average Bonchev–Trinajstić information content (AvgIpc) is 2.40. The van der Waals surface area contributed by atoms with Gasteiger partial charge in [0, 0.05) is 18.8 Å². The van der Waals surface area contributed by atoms with Crippen molar-refractivity contribution < 1.29 is 4.79 Å². The van der Waals surface area contributed by atoms with Crippen LogP contribution in [-0.4, -0.2) is 10.9 Å². The molecule has 0 saturated heterocycles. The molecule has 0 bridgehead atoms. The second kappa shape index (κ2) is 9.96. The van der Waals surface area contributed by atoms with E-state index < -0.39 is 0 Å². The Balaban J connectivity index is 2.10. The van der Waals surface area contributed by atoms with Crippen molar-refractivity contribution in [2.75, 3.05) is 5.32 Å². The molecule has 0 aliphatic heterocycles. The van der Waals surface area contributed by atoms with E-state index in [9.17, 15) is 4.79 Å². The number of carbonyl (C=O) groups excluding carboxylic acids is 1. The SMILES string of the molecule is CCCCCCCCCC(=O)Nc1ccncc1Br. The molecule has 1 rings (SSSR count). The van der Waals surface area contributed by atoms with E-state index in [-0.39, 0.29) is 5.91 Å². The Morgan fingerprint density at radius 2 is 1.89 bits per heavy atom. The lowest BCUT2D eigenvalue weighted by Gasteiger charge is -2.06. The highest BCUT2D eigenvalue weighted by Gasteiger charge is 2.04. The van der Waals surface area contributed by atoms with Gasteiger partial charge in [0.15, 0.2) is 0 Å². The molecule has 106 valence electrons. The van der Waals surface area contributed by atoms with Crippen LogP contribution in [0.25, 0.3) is 0 Å². The second-order valence-corrected chi connectivity index (χ2v) is 5.63. The summed E-state index contributed by atoms with van der Waals surface area (Å²) >= 11 is 3.36. The predicted octanol–water partition coefficient (Wildman–Crippen LogP) is 4.92. The van der Waals surface area contributed by atoms with Crippen molar-refractivity contribution in [3.63, 3.8) is 0 Å². The summed E-state index contributed by atoms with van der Waals surface area (Å²) in [6, 6.07) is 1.80. The monoisotopic (exact) mass is 326 g/mol. The molecule has 19 heavy (non-hydrogen) atoms. The number of nitrogens with zero attached hydrogens (tertiary/aromatic N) is 1. The number of pyridine rings is 1. The third-order valence-corrected chi connectivity index (χ3v) is 3.69. The molecule has 1 aromatic heterocycles. The number of amides is 1. The zero-order valence-electron chi connectivity index (χ0n) is 11.6. The van der Waals surface area contributed by atoms with Crippen LogP contribution >= 0.6 is 15.9 Å². The van der Waals surface area contributed by atoms with Gasteiger partial charge in [-0.25, -0.2) is 0 Å². The minimum Gasteiger partial charge on any atom is -0.325 e. The van der Waals surface area contributed by atoms with Gasteiger partial charge in [-0.2, -0.15) is 0 Å².